The standard InChI is InChI=1S/C16H28N2O3/c1-11-3-2-8-16(17,9-11)15(21)18-10-12-4-6-13(7-5-12)14(19)20/h11-13H,2-10,17H2,1H3,(H,18,21)(H,19,20). The third-order valence-corrected chi connectivity index (χ3v) is 5.23. The SMILES string of the molecule is CC1CCCC(N)(C(=O)NCC2CCC(C(=O)O)CC2)C1. The number of amides is 1. The molecule has 2 aliphatic rings. The van der Waals surface area contributed by atoms with Crippen LogP contribution in [0.2, 0.25) is 0 Å². The fraction of sp³-hybridized carbons (Fsp3) is 0.875. The minimum absolute atomic E-state index is 0.0191. The first-order valence-corrected chi connectivity index (χ1v) is 8.20. The summed E-state index contributed by atoms with van der Waals surface area (Å²) in [5.41, 5.74) is 5.58. The topological polar surface area (TPSA) is 92.4 Å². The molecule has 0 aromatic rings. The number of aliphatic carboxylic acids is 1. The Morgan fingerprint density at radius 2 is 1.90 bits per heavy atom. The summed E-state index contributed by atoms with van der Waals surface area (Å²) in [6, 6.07) is 0. The maximum atomic E-state index is 12.4. The molecular formula is C16H28N2O3. The monoisotopic (exact) mass is 296 g/mol. The molecule has 5 heteroatoms. The first-order valence-electron chi connectivity index (χ1n) is 8.20. The Kier molecular flexibility index (Phi) is 5.25. The Balaban J connectivity index is 1.75. The van der Waals surface area contributed by atoms with Gasteiger partial charge in [-0.1, -0.05) is 19.8 Å². The van der Waals surface area contributed by atoms with Gasteiger partial charge in [-0.25, -0.2) is 0 Å². The third kappa shape index (κ3) is 4.19. The van der Waals surface area contributed by atoms with Crippen molar-refractivity contribution in [3.63, 3.8) is 0 Å². The van der Waals surface area contributed by atoms with Crippen molar-refractivity contribution in [2.45, 2.75) is 63.8 Å². The summed E-state index contributed by atoms with van der Waals surface area (Å²) in [6.45, 7) is 2.79. The molecule has 0 radical (unpaired) electrons. The van der Waals surface area contributed by atoms with Crippen molar-refractivity contribution in [3.05, 3.63) is 0 Å². The van der Waals surface area contributed by atoms with Crippen LogP contribution in [0.25, 0.3) is 0 Å². The van der Waals surface area contributed by atoms with Crippen LogP contribution in [-0.2, 0) is 9.59 Å². The molecule has 0 saturated heterocycles. The second kappa shape index (κ2) is 6.77. The zero-order chi connectivity index (χ0) is 15.5. The van der Waals surface area contributed by atoms with Gasteiger partial charge in [0.1, 0.15) is 0 Å². The van der Waals surface area contributed by atoms with E-state index >= 15 is 0 Å². The summed E-state index contributed by atoms with van der Waals surface area (Å²) < 4.78 is 0. The molecule has 2 aliphatic carbocycles. The van der Waals surface area contributed by atoms with E-state index in [-0.39, 0.29) is 11.8 Å². The van der Waals surface area contributed by atoms with Gasteiger partial charge < -0.3 is 16.2 Å². The molecule has 0 heterocycles. The van der Waals surface area contributed by atoms with Gasteiger partial charge in [-0.3, -0.25) is 9.59 Å². The smallest absolute Gasteiger partial charge is 0.306 e. The van der Waals surface area contributed by atoms with Crippen molar-refractivity contribution in [3.8, 4) is 0 Å². The molecule has 5 nitrogen and oxygen atoms in total. The molecule has 2 fully saturated rings. The molecule has 2 rings (SSSR count). The lowest BCUT2D eigenvalue weighted by molar-refractivity contribution is -0.143. The van der Waals surface area contributed by atoms with Crippen LogP contribution >= 0.6 is 0 Å². The summed E-state index contributed by atoms with van der Waals surface area (Å²) >= 11 is 0. The Morgan fingerprint density at radius 3 is 2.48 bits per heavy atom. The van der Waals surface area contributed by atoms with Gasteiger partial charge in [-0.15, -0.1) is 0 Å². The van der Waals surface area contributed by atoms with Gasteiger partial charge in [0.05, 0.1) is 11.5 Å². The summed E-state index contributed by atoms with van der Waals surface area (Å²) in [5, 5.41) is 12.0. The molecule has 4 N–H and O–H groups in total. The second-order valence-corrected chi connectivity index (χ2v) is 7.12. The van der Waals surface area contributed by atoms with Crippen molar-refractivity contribution in [2.24, 2.45) is 23.5 Å². The molecule has 0 spiro atoms. The lowest BCUT2D eigenvalue weighted by Crippen LogP contribution is -2.56. The van der Waals surface area contributed by atoms with E-state index in [4.69, 9.17) is 10.8 Å². The van der Waals surface area contributed by atoms with Gasteiger partial charge in [-0.05, 0) is 50.4 Å². The van der Waals surface area contributed by atoms with E-state index in [1.165, 1.54) is 0 Å². The van der Waals surface area contributed by atoms with Crippen LogP contribution in [0, 0.1) is 17.8 Å². The average molecular weight is 296 g/mol. The van der Waals surface area contributed by atoms with E-state index in [9.17, 15) is 9.59 Å². The van der Waals surface area contributed by atoms with Gasteiger partial charge in [0.25, 0.3) is 0 Å². The lowest BCUT2D eigenvalue weighted by atomic mass is 9.76. The molecule has 2 atom stereocenters. The highest BCUT2D eigenvalue weighted by atomic mass is 16.4. The zero-order valence-corrected chi connectivity index (χ0v) is 12.9. The van der Waals surface area contributed by atoms with E-state index in [0.717, 1.165) is 51.4 Å². The van der Waals surface area contributed by atoms with Crippen molar-refractivity contribution in [1.29, 1.82) is 0 Å². The van der Waals surface area contributed by atoms with Crippen LogP contribution in [0.3, 0.4) is 0 Å². The maximum absolute atomic E-state index is 12.4. The van der Waals surface area contributed by atoms with Gasteiger partial charge >= 0.3 is 5.97 Å². The maximum Gasteiger partial charge on any atom is 0.306 e. The molecule has 2 saturated carbocycles. The largest absolute Gasteiger partial charge is 0.481 e. The van der Waals surface area contributed by atoms with Gasteiger partial charge in [0.15, 0.2) is 0 Å². The molecule has 0 aromatic heterocycles. The van der Waals surface area contributed by atoms with Crippen LogP contribution in [-0.4, -0.2) is 29.1 Å². The Hall–Kier alpha value is -1.10. The van der Waals surface area contributed by atoms with E-state index in [1.54, 1.807) is 0 Å². The molecular weight excluding hydrogens is 268 g/mol. The minimum atomic E-state index is -0.698. The van der Waals surface area contributed by atoms with Gasteiger partial charge in [-0.2, -0.15) is 0 Å². The fourth-order valence-corrected chi connectivity index (χ4v) is 3.82. The van der Waals surface area contributed by atoms with E-state index < -0.39 is 11.5 Å². The van der Waals surface area contributed by atoms with Gasteiger partial charge in [0, 0.05) is 6.54 Å². The zero-order valence-electron chi connectivity index (χ0n) is 12.9. The van der Waals surface area contributed by atoms with Gasteiger partial charge in [0.2, 0.25) is 5.91 Å². The number of carboxylic acids is 1. The lowest BCUT2D eigenvalue weighted by Gasteiger charge is -2.36. The number of carbonyl (C=O) groups is 2. The van der Waals surface area contributed by atoms with Crippen molar-refractivity contribution >= 4 is 11.9 Å². The Labute approximate surface area is 126 Å². The molecule has 0 bridgehead atoms. The highest BCUT2D eigenvalue weighted by Crippen LogP contribution is 2.31. The number of rotatable bonds is 4. The van der Waals surface area contributed by atoms with Crippen molar-refractivity contribution < 1.29 is 14.7 Å². The second-order valence-electron chi connectivity index (χ2n) is 7.12. The highest BCUT2D eigenvalue weighted by Gasteiger charge is 2.38. The van der Waals surface area contributed by atoms with Crippen molar-refractivity contribution in [1.82, 2.24) is 5.32 Å². The van der Waals surface area contributed by atoms with E-state index in [0.29, 0.717) is 18.4 Å². The number of nitrogens with one attached hydrogen (secondary N) is 1. The number of nitrogens with two attached hydrogens (primary N) is 1. The summed E-state index contributed by atoms with van der Waals surface area (Å²) in [5.74, 6) is 0.00987. The summed E-state index contributed by atoms with van der Waals surface area (Å²) in [6.07, 6.45) is 6.93. The quantitative estimate of drug-likeness (QED) is 0.738. The fourth-order valence-electron chi connectivity index (χ4n) is 3.82. The number of carboxylic acid groups (broad SMARTS) is 1. The molecule has 21 heavy (non-hydrogen) atoms. The molecule has 120 valence electrons. The Morgan fingerprint density at radius 1 is 1.24 bits per heavy atom. The normalized spacial score (nSPS) is 37.0. The van der Waals surface area contributed by atoms with Crippen LogP contribution in [0.15, 0.2) is 0 Å². The first-order chi connectivity index (χ1) is 9.90. The molecule has 0 aromatic carbocycles. The third-order valence-electron chi connectivity index (χ3n) is 5.23. The Bertz CT molecular complexity index is 391. The minimum Gasteiger partial charge on any atom is -0.481 e. The predicted molar refractivity (Wildman–Crippen MR) is 80.6 cm³/mol. The van der Waals surface area contributed by atoms with Crippen LogP contribution in [0.1, 0.15) is 58.3 Å². The molecule has 1 amide bonds. The number of hydrogen-bond acceptors (Lipinski definition) is 3. The van der Waals surface area contributed by atoms with E-state index in [2.05, 4.69) is 12.2 Å². The molecule has 2 unspecified atom stereocenters. The van der Waals surface area contributed by atoms with E-state index in [1.807, 2.05) is 0 Å². The number of hydrogen-bond donors (Lipinski definition) is 3. The van der Waals surface area contributed by atoms with Crippen LogP contribution in [0.5, 0.6) is 0 Å². The average Bonchev–Trinajstić information content (AvgIpc) is 2.44. The first kappa shape index (κ1) is 16.3. The van der Waals surface area contributed by atoms with Crippen molar-refractivity contribution in [2.75, 3.05) is 6.54 Å². The highest BCUT2D eigenvalue weighted by molar-refractivity contribution is 5.86. The van der Waals surface area contributed by atoms with Crippen LogP contribution in [0.4, 0.5) is 0 Å². The van der Waals surface area contributed by atoms with Crippen LogP contribution < -0.4 is 11.1 Å². The predicted octanol–water partition coefficient (Wildman–Crippen LogP) is 1.90. The number of carbonyl (C=O) groups excluding carboxylic acids is 1. The summed E-state index contributed by atoms with van der Waals surface area (Å²) in [7, 11) is 0. The molecule has 0 aliphatic heterocycles. The summed E-state index contributed by atoms with van der Waals surface area (Å²) in [4.78, 5) is 23.3.